The molecule has 0 spiro atoms. The van der Waals surface area contributed by atoms with Gasteiger partial charge in [-0.1, -0.05) is 90.5 Å². The molecule has 4 aromatic carbocycles. The number of hydrogen-bond donors (Lipinski definition) is 3. The molecule has 0 aliphatic rings. The van der Waals surface area contributed by atoms with Crippen LogP contribution in [0.2, 0.25) is 0 Å². The van der Waals surface area contributed by atoms with E-state index in [-0.39, 0.29) is 23.9 Å². The van der Waals surface area contributed by atoms with Gasteiger partial charge in [0.05, 0.1) is 18.2 Å². The van der Waals surface area contributed by atoms with Crippen molar-refractivity contribution in [3.05, 3.63) is 142 Å². The number of aryl methyl sites for hydroxylation is 2. The van der Waals surface area contributed by atoms with Gasteiger partial charge >= 0.3 is 0 Å². The smallest absolute Gasteiger partial charge is 0.254 e. The zero-order valence-corrected chi connectivity index (χ0v) is 25.7. The van der Waals surface area contributed by atoms with E-state index in [1.54, 1.807) is 30.1 Å². The average molecular weight is 578 g/mol. The maximum Gasteiger partial charge on any atom is 0.254 e. The van der Waals surface area contributed by atoms with Gasteiger partial charge in [-0.15, -0.1) is 0 Å². The molecule has 224 valence electrons. The lowest BCUT2D eigenvalue weighted by Crippen LogP contribution is -2.49. The molecule has 0 radical (unpaired) electrons. The van der Waals surface area contributed by atoms with Crippen molar-refractivity contribution < 1.29 is 14.7 Å². The lowest BCUT2D eigenvalue weighted by atomic mass is 9.99. The van der Waals surface area contributed by atoms with E-state index >= 15 is 0 Å². The summed E-state index contributed by atoms with van der Waals surface area (Å²) in [5, 5.41) is 17.8. The van der Waals surface area contributed by atoms with Crippen LogP contribution < -0.4 is 10.6 Å². The minimum atomic E-state index is -0.846. The number of rotatable bonds is 12. The van der Waals surface area contributed by atoms with Gasteiger partial charge in [-0.25, -0.2) is 0 Å². The van der Waals surface area contributed by atoms with Crippen molar-refractivity contribution >= 4 is 11.8 Å². The SMILES string of the molecule is Cc1ccc([C@@H](C)NC[C@@H](O)[C@H](Cc2ccccc2)NC(=O)c2cc(C)cc(C(=O)N(C)[C@@H](C)c3ccccc3)c2)cc1. The molecule has 0 heterocycles. The fraction of sp³-hybridized carbons (Fsp3) is 0.297. The third-order valence-corrected chi connectivity index (χ3v) is 8.06. The van der Waals surface area contributed by atoms with E-state index in [0.29, 0.717) is 24.1 Å². The van der Waals surface area contributed by atoms with Gasteiger partial charge in [-0.3, -0.25) is 9.59 Å². The molecule has 0 saturated carbocycles. The molecule has 4 rings (SSSR count). The molecule has 6 nitrogen and oxygen atoms in total. The first kappa shape index (κ1) is 31.7. The van der Waals surface area contributed by atoms with Crippen molar-refractivity contribution in [1.82, 2.24) is 15.5 Å². The Balaban J connectivity index is 1.50. The Labute approximate surface area is 255 Å². The summed E-state index contributed by atoms with van der Waals surface area (Å²) in [5.74, 6) is -0.493. The van der Waals surface area contributed by atoms with Crippen LogP contribution in [-0.4, -0.2) is 47.6 Å². The molecule has 0 fully saturated rings. The van der Waals surface area contributed by atoms with Gasteiger partial charge in [-0.05, 0) is 74.6 Å². The van der Waals surface area contributed by atoms with Crippen molar-refractivity contribution in [3.8, 4) is 0 Å². The first-order chi connectivity index (χ1) is 20.6. The van der Waals surface area contributed by atoms with Crippen molar-refractivity contribution in [2.45, 2.75) is 58.3 Å². The van der Waals surface area contributed by atoms with Crippen LogP contribution in [0, 0.1) is 13.8 Å². The summed E-state index contributed by atoms with van der Waals surface area (Å²) in [5.41, 5.74) is 6.01. The Kier molecular flexibility index (Phi) is 10.9. The van der Waals surface area contributed by atoms with Crippen LogP contribution in [0.25, 0.3) is 0 Å². The van der Waals surface area contributed by atoms with E-state index in [4.69, 9.17) is 0 Å². The standard InChI is InChI=1S/C37H43N3O3/c1-25-16-18-30(19-17-25)27(3)38-24-35(41)34(22-29-12-8-6-9-13-29)39-36(42)32-20-26(2)21-33(23-32)37(43)40(5)28(4)31-14-10-7-11-15-31/h6-21,23,27-28,34-35,38,41H,22,24H2,1-5H3,(H,39,42)/t27-,28+,34+,35-/m1/s1. The molecular weight excluding hydrogens is 534 g/mol. The predicted molar refractivity (Wildman–Crippen MR) is 173 cm³/mol. The second kappa shape index (κ2) is 14.8. The number of nitrogens with one attached hydrogen (secondary N) is 2. The van der Waals surface area contributed by atoms with Crippen molar-refractivity contribution in [2.75, 3.05) is 13.6 Å². The average Bonchev–Trinajstić information content (AvgIpc) is 3.03. The topological polar surface area (TPSA) is 81.7 Å². The van der Waals surface area contributed by atoms with E-state index in [1.807, 2.05) is 74.5 Å². The van der Waals surface area contributed by atoms with Crippen LogP contribution in [-0.2, 0) is 6.42 Å². The Morgan fingerprint density at radius 2 is 1.37 bits per heavy atom. The Bertz CT molecular complexity index is 1490. The summed E-state index contributed by atoms with van der Waals surface area (Å²) < 4.78 is 0. The maximum absolute atomic E-state index is 13.6. The molecule has 0 bridgehead atoms. The molecule has 0 aliphatic carbocycles. The third kappa shape index (κ3) is 8.63. The zero-order valence-electron chi connectivity index (χ0n) is 25.7. The van der Waals surface area contributed by atoms with Crippen LogP contribution in [0.15, 0.2) is 103 Å². The predicted octanol–water partition coefficient (Wildman–Crippen LogP) is 6.19. The number of hydrogen-bond acceptors (Lipinski definition) is 4. The highest BCUT2D eigenvalue weighted by Crippen LogP contribution is 2.22. The van der Waals surface area contributed by atoms with E-state index in [9.17, 15) is 14.7 Å². The Morgan fingerprint density at radius 1 is 0.767 bits per heavy atom. The monoisotopic (exact) mass is 577 g/mol. The largest absolute Gasteiger partial charge is 0.390 e. The van der Waals surface area contributed by atoms with Crippen LogP contribution in [0.4, 0.5) is 0 Å². The van der Waals surface area contributed by atoms with Crippen LogP contribution in [0.5, 0.6) is 0 Å². The summed E-state index contributed by atoms with van der Waals surface area (Å²) in [7, 11) is 1.78. The Morgan fingerprint density at radius 3 is 2.02 bits per heavy atom. The fourth-order valence-corrected chi connectivity index (χ4v) is 5.19. The molecule has 0 aliphatic heterocycles. The molecule has 3 N–H and O–H groups in total. The number of benzene rings is 4. The highest BCUT2D eigenvalue weighted by atomic mass is 16.3. The van der Waals surface area contributed by atoms with Gasteiger partial charge < -0.3 is 20.6 Å². The molecule has 0 aromatic heterocycles. The number of nitrogens with zero attached hydrogens (tertiary/aromatic N) is 1. The first-order valence-corrected chi connectivity index (χ1v) is 14.9. The lowest BCUT2D eigenvalue weighted by molar-refractivity contribution is 0.0742. The minimum Gasteiger partial charge on any atom is -0.390 e. The number of aliphatic hydroxyl groups excluding tert-OH is 1. The quantitative estimate of drug-likeness (QED) is 0.188. The zero-order chi connectivity index (χ0) is 30.9. The van der Waals surface area contributed by atoms with Gasteiger partial charge in [-0.2, -0.15) is 0 Å². The molecule has 43 heavy (non-hydrogen) atoms. The fourth-order valence-electron chi connectivity index (χ4n) is 5.19. The van der Waals surface area contributed by atoms with Gasteiger partial charge in [0.2, 0.25) is 0 Å². The molecule has 4 aromatic rings. The van der Waals surface area contributed by atoms with Crippen molar-refractivity contribution in [2.24, 2.45) is 0 Å². The molecule has 0 saturated heterocycles. The second-order valence-electron chi connectivity index (χ2n) is 11.5. The van der Waals surface area contributed by atoms with Crippen molar-refractivity contribution in [1.29, 1.82) is 0 Å². The van der Waals surface area contributed by atoms with Crippen molar-refractivity contribution in [3.63, 3.8) is 0 Å². The van der Waals surface area contributed by atoms with Gasteiger partial charge in [0.25, 0.3) is 11.8 Å². The second-order valence-corrected chi connectivity index (χ2v) is 11.5. The van der Waals surface area contributed by atoms with Gasteiger partial charge in [0, 0.05) is 30.8 Å². The summed E-state index contributed by atoms with van der Waals surface area (Å²) in [6, 6.07) is 32.6. The van der Waals surface area contributed by atoms with Gasteiger partial charge in [0.15, 0.2) is 0 Å². The third-order valence-electron chi connectivity index (χ3n) is 8.06. The minimum absolute atomic E-state index is 0.0314. The number of amides is 2. The maximum atomic E-state index is 13.6. The van der Waals surface area contributed by atoms with Crippen LogP contribution in [0.3, 0.4) is 0 Å². The number of carbonyl (C=O) groups excluding carboxylic acids is 2. The lowest BCUT2D eigenvalue weighted by Gasteiger charge is -2.27. The molecule has 4 atom stereocenters. The first-order valence-electron chi connectivity index (χ1n) is 14.9. The highest BCUT2D eigenvalue weighted by Gasteiger charge is 2.25. The van der Waals surface area contributed by atoms with E-state index in [0.717, 1.165) is 22.3 Å². The molecular formula is C37H43N3O3. The molecule has 2 amide bonds. The van der Waals surface area contributed by atoms with Crippen LogP contribution >= 0.6 is 0 Å². The number of carbonyl (C=O) groups is 2. The molecule has 0 unspecified atom stereocenters. The van der Waals surface area contributed by atoms with Gasteiger partial charge in [0.1, 0.15) is 0 Å². The summed E-state index contributed by atoms with van der Waals surface area (Å²) >= 11 is 0. The van der Waals surface area contributed by atoms with E-state index < -0.39 is 12.1 Å². The normalized spacial score (nSPS) is 13.9. The van der Waals surface area contributed by atoms with E-state index in [2.05, 4.69) is 48.7 Å². The Hall–Kier alpha value is -4.26. The highest BCUT2D eigenvalue weighted by molar-refractivity contribution is 6.00. The summed E-state index contributed by atoms with van der Waals surface area (Å²) in [4.78, 5) is 28.8. The number of aliphatic hydroxyl groups is 1. The summed E-state index contributed by atoms with van der Waals surface area (Å²) in [6.07, 6.45) is -0.385. The summed E-state index contributed by atoms with van der Waals surface area (Å²) in [6.45, 7) is 8.27. The van der Waals surface area contributed by atoms with Crippen LogP contribution in [0.1, 0.15) is 74.5 Å². The van der Waals surface area contributed by atoms with E-state index in [1.165, 1.54) is 5.56 Å². The molecule has 6 heteroatoms.